The van der Waals surface area contributed by atoms with Gasteiger partial charge in [0.1, 0.15) is 12.4 Å². The number of allylic oxidation sites excluding steroid dienone is 1. The van der Waals surface area contributed by atoms with Crippen LogP contribution in [0.2, 0.25) is 0 Å². The summed E-state index contributed by atoms with van der Waals surface area (Å²) in [6, 6.07) is 8.14. The van der Waals surface area contributed by atoms with Crippen LogP contribution in [0.25, 0.3) is 0 Å². The van der Waals surface area contributed by atoms with Crippen molar-refractivity contribution in [1.82, 2.24) is 0 Å². The van der Waals surface area contributed by atoms with Gasteiger partial charge in [-0.3, -0.25) is 0 Å². The third-order valence-electron chi connectivity index (χ3n) is 6.16. The van der Waals surface area contributed by atoms with E-state index in [1.165, 1.54) is 51.4 Å². The fourth-order valence-electron chi connectivity index (χ4n) is 4.50. The van der Waals surface area contributed by atoms with Crippen molar-refractivity contribution in [3.63, 3.8) is 0 Å². The lowest BCUT2D eigenvalue weighted by atomic mass is 9.80. The van der Waals surface area contributed by atoms with E-state index in [1.54, 1.807) is 0 Å². The van der Waals surface area contributed by atoms with Crippen molar-refractivity contribution < 1.29 is 14.2 Å². The Hall–Kier alpha value is -1.32. The van der Waals surface area contributed by atoms with Crippen LogP contribution in [-0.4, -0.2) is 19.8 Å². The Bertz CT molecular complexity index is 564. The highest BCUT2D eigenvalue weighted by molar-refractivity contribution is 5.28. The number of rotatable bonds is 9. The highest BCUT2D eigenvalue weighted by Gasteiger charge is 2.23. The smallest absolute Gasteiger partial charge is 0.183 e. The zero-order valence-corrected chi connectivity index (χ0v) is 17.8. The second-order valence-corrected chi connectivity index (χ2v) is 8.53. The van der Waals surface area contributed by atoms with Crippen molar-refractivity contribution in [2.75, 3.05) is 19.8 Å². The van der Waals surface area contributed by atoms with Gasteiger partial charge in [-0.1, -0.05) is 57.4 Å². The van der Waals surface area contributed by atoms with Gasteiger partial charge in [-0.25, -0.2) is 0 Å². The second kappa shape index (κ2) is 11.6. The molecule has 1 aromatic rings. The molecule has 3 nitrogen and oxygen atoms in total. The van der Waals surface area contributed by atoms with E-state index in [0.29, 0.717) is 12.5 Å². The number of ether oxygens (including phenoxy) is 3. The topological polar surface area (TPSA) is 27.7 Å². The fourth-order valence-corrected chi connectivity index (χ4v) is 4.50. The van der Waals surface area contributed by atoms with E-state index >= 15 is 0 Å². The van der Waals surface area contributed by atoms with E-state index in [2.05, 4.69) is 38.1 Å². The van der Waals surface area contributed by atoms with Crippen LogP contribution in [0.15, 0.2) is 36.4 Å². The molecule has 1 saturated heterocycles. The highest BCUT2D eigenvalue weighted by atomic mass is 16.7. The first kappa shape index (κ1) is 21.4. The van der Waals surface area contributed by atoms with Crippen LogP contribution in [0.3, 0.4) is 0 Å². The molecule has 156 valence electrons. The average molecular weight is 387 g/mol. The maximum atomic E-state index is 5.88. The lowest BCUT2D eigenvalue weighted by molar-refractivity contribution is -0.206. The van der Waals surface area contributed by atoms with Crippen LogP contribution in [0.4, 0.5) is 0 Å². The van der Waals surface area contributed by atoms with Gasteiger partial charge < -0.3 is 14.2 Å². The van der Waals surface area contributed by atoms with E-state index in [4.69, 9.17) is 14.2 Å². The molecular weight excluding hydrogens is 348 g/mol. The molecule has 2 aliphatic rings. The van der Waals surface area contributed by atoms with Gasteiger partial charge in [0.25, 0.3) is 0 Å². The Morgan fingerprint density at radius 1 is 0.893 bits per heavy atom. The molecular formula is C25H38O3. The summed E-state index contributed by atoms with van der Waals surface area (Å²) >= 11 is 0. The first-order valence-corrected chi connectivity index (χ1v) is 11.4. The Balaban J connectivity index is 1.36. The molecule has 1 heterocycles. The molecule has 1 saturated carbocycles. The zero-order valence-electron chi connectivity index (χ0n) is 17.8. The molecule has 0 unspecified atom stereocenters. The molecule has 1 aliphatic carbocycles. The molecule has 0 spiro atoms. The van der Waals surface area contributed by atoms with Crippen molar-refractivity contribution in [2.45, 2.75) is 71.5 Å². The van der Waals surface area contributed by atoms with Crippen molar-refractivity contribution in [2.24, 2.45) is 17.8 Å². The summed E-state index contributed by atoms with van der Waals surface area (Å²) in [5.41, 5.74) is 1.07. The third-order valence-corrected chi connectivity index (χ3v) is 6.16. The minimum atomic E-state index is -0.232. The normalized spacial score (nSPS) is 28.5. The number of hydrogen-bond donors (Lipinski definition) is 0. The van der Waals surface area contributed by atoms with Crippen molar-refractivity contribution in [3.05, 3.63) is 42.0 Å². The molecule has 1 aromatic carbocycles. The maximum Gasteiger partial charge on any atom is 0.183 e. The molecule has 3 rings (SSSR count). The van der Waals surface area contributed by atoms with E-state index in [9.17, 15) is 0 Å². The number of benzene rings is 1. The van der Waals surface area contributed by atoms with Crippen molar-refractivity contribution >= 4 is 0 Å². The Kier molecular flexibility index (Phi) is 8.88. The fraction of sp³-hybridized carbons (Fsp3) is 0.680. The van der Waals surface area contributed by atoms with Crippen LogP contribution < -0.4 is 4.74 Å². The minimum Gasteiger partial charge on any atom is -0.490 e. The molecule has 0 N–H and O–H groups in total. The monoisotopic (exact) mass is 386 g/mol. The van der Waals surface area contributed by atoms with Gasteiger partial charge in [-0.15, -0.1) is 0 Å². The van der Waals surface area contributed by atoms with E-state index < -0.39 is 0 Å². The van der Waals surface area contributed by atoms with E-state index in [-0.39, 0.29) is 6.29 Å². The predicted molar refractivity (Wildman–Crippen MR) is 114 cm³/mol. The van der Waals surface area contributed by atoms with Crippen molar-refractivity contribution in [3.8, 4) is 5.75 Å². The largest absolute Gasteiger partial charge is 0.490 e. The van der Waals surface area contributed by atoms with Gasteiger partial charge in [0.05, 0.1) is 13.2 Å². The number of hydrogen-bond acceptors (Lipinski definition) is 3. The molecule has 2 fully saturated rings. The standard InChI is InChI=1S/C25H38O3/c1-3-6-20-9-11-21(12-10-20)8-5-17-26-24-15-13-23(14-16-24)25-27-18-22(7-4-2)19-28-25/h5,8,13-16,20-22,25H,3-4,6-7,9-12,17-19H2,1-2H3/b8-5+/t20-,21-,22-,25-. The molecule has 1 aliphatic heterocycles. The summed E-state index contributed by atoms with van der Waals surface area (Å²) in [5, 5.41) is 0. The van der Waals surface area contributed by atoms with Crippen LogP contribution in [0, 0.1) is 17.8 Å². The lowest BCUT2D eigenvalue weighted by Gasteiger charge is -2.29. The lowest BCUT2D eigenvalue weighted by Crippen LogP contribution is -2.26. The molecule has 0 amide bonds. The van der Waals surface area contributed by atoms with E-state index in [1.807, 2.05) is 12.1 Å². The summed E-state index contributed by atoms with van der Waals surface area (Å²) in [6.07, 6.45) is 14.9. The Labute approximate surface area is 171 Å². The average Bonchev–Trinajstić information content (AvgIpc) is 2.74. The SMILES string of the molecule is CCC[C@H]1CC[C@H](/C=C/COc2ccc([C@H]3OC[C@H](CCC)CO3)cc2)CC1. The molecule has 0 atom stereocenters. The second-order valence-electron chi connectivity index (χ2n) is 8.53. The predicted octanol–water partition coefficient (Wildman–Crippen LogP) is 6.69. The van der Waals surface area contributed by atoms with Crippen LogP contribution >= 0.6 is 0 Å². The Morgan fingerprint density at radius 3 is 2.18 bits per heavy atom. The van der Waals surface area contributed by atoms with Crippen LogP contribution in [0.1, 0.15) is 77.1 Å². The first-order valence-electron chi connectivity index (χ1n) is 11.4. The molecule has 0 radical (unpaired) electrons. The third kappa shape index (κ3) is 6.63. The highest BCUT2D eigenvalue weighted by Crippen LogP contribution is 2.32. The molecule has 0 aromatic heterocycles. The van der Waals surface area contributed by atoms with Gasteiger partial charge in [0, 0.05) is 11.5 Å². The zero-order chi connectivity index (χ0) is 19.6. The molecule has 0 bridgehead atoms. The Morgan fingerprint density at radius 2 is 1.54 bits per heavy atom. The van der Waals surface area contributed by atoms with E-state index in [0.717, 1.165) is 36.4 Å². The van der Waals surface area contributed by atoms with Gasteiger partial charge in [0.2, 0.25) is 0 Å². The van der Waals surface area contributed by atoms with Crippen LogP contribution in [-0.2, 0) is 9.47 Å². The summed E-state index contributed by atoms with van der Waals surface area (Å²) in [7, 11) is 0. The maximum absolute atomic E-state index is 5.88. The van der Waals surface area contributed by atoms with Gasteiger partial charge in [-0.2, -0.15) is 0 Å². The quantitative estimate of drug-likeness (QED) is 0.442. The van der Waals surface area contributed by atoms with Crippen molar-refractivity contribution in [1.29, 1.82) is 0 Å². The summed E-state index contributed by atoms with van der Waals surface area (Å²) in [5.74, 6) is 3.16. The summed E-state index contributed by atoms with van der Waals surface area (Å²) < 4.78 is 17.6. The minimum absolute atomic E-state index is 0.232. The molecule has 3 heteroatoms. The summed E-state index contributed by atoms with van der Waals surface area (Å²) in [4.78, 5) is 0. The molecule has 28 heavy (non-hydrogen) atoms. The first-order chi connectivity index (χ1) is 13.8. The van der Waals surface area contributed by atoms with Crippen LogP contribution in [0.5, 0.6) is 5.75 Å². The van der Waals surface area contributed by atoms with Gasteiger partial charge in [-0.05, 0) is 56.1 Å². The summed E-state index contributed by atoms with van der Waals surface area (Å²) in [6.45, 7) is 6.74. The van der Waals surface area contributed by atoms with Gasteiger partial charge >= 0.3 is 0 Å². The van der Waals surface area contributed by atoms with Gasteiger partial charge in [0.15, 0.2) is 6.29 Å².